The van der Waals surface area contributed by atoms with Crippen molar-refractivity contribution in [3.05, 3.63) is 49.6 Å². The van der Waals surface area contributed by atoms with Gasteiger partial charge >= 0.3 is 18.0 Å². The monoisotopic (exact) mass is 315 g/mol. The van der Waals surface area contributed by atoms with Crippen LogP contribution in [0.3, 0.4) is 0 Å². The molecule has 0 saturated heterocycles. The molecule has 0 bridgehead atoms. The van der Waals surface area contributed by atoms with Gasteiger partial charge in [-0.25, -0.2) is 14.4 Å². The predicted octanol–water partition coefficient (Wildman–Crippen LogP) is 2.75. The van der Waals surface area contributed by atoms with E-state index in [4.69, 9.17) is 10.2 Å². The van der Waals surface area contributed by atoms with Crippen LogP contribution in [-0.2, 0) is 14.3 Å². The first-order valence-electron chi connectivity index (χ1n) is 5.91. The summed E-state index contributed by atoms with van der Waals surface area (Å²) in [5, 5.41) is 15.8. The number of allylic oxidation sites excluding steroid dienone is 2. The van der Waals surface area contributed by atoms with Gasteiger partial charge in [0.05, 0.1) is 6.61 Å². The van der Waals surface area contributed by atoms with E-state index in [2.05, 4.69) is 36.8 Å². The molecule has 0 aromatic carbocycles. The molecule has 0 aliphatic rings. The summed E-state index contributed by atoms with van der Waals surface area (Å²) < 4.78 is 4.18. The average molecular weight is 315 g/mol. The first-order chi connectivity index (χ1) is 9.97. The highest BCUT2D eigenvalue weighted by Gasteiger charge is 1.90. The van der Waals surface area contributed by atoms with Gasteiger partial charge in [-0.3, -0.25) is 0 Å². The Morgan fingerprint density at radius 2 is 1.23 bits per heavy atom. The van der Waals surface area contributed by atoms with Crippen LogP contribution in [0.25, 0.3) is 0 Å². The molecule has 0 saturated carbocycles. The number of nitrogens with two attached hydrogens (primary N) is 1. The normalized spacial score (nSPS) is 7.05. The molecule has 0 aliphatic carbocycles. The van der Waals surface area contributed by atoms with Crippen LogP contribution < -0.4 is 5.73 Å². The molecule has 0 spiro atoms. The summed E-state index contributed by atoms with van der Waals surface area (Å²) in [5.74, 6) is -1.87. The second kappa shape index (κ2) is 20.5. The van der Waals surface area contributed by atoms with Gasteiger partial charge in [0.2, 0.25) is 0 Å². The zero-order valence-corrected chi connectivity index (χ0v) is 13.3. The lowest BCUT2D eigenvalue weighted by Gasteiger charge is -1.89. The fourth-order valence-corrected chi connectivity index (χ4v) is 0.142. The largest absolute Gasteiger partial charge is 0.478 e. The Morgan fingerprint density at radius 3 is 1.23 bits per heavy atom. The van der Waals surface area contributed by atoms with Gasteiger partial charge in [0, 0.05) is 11.1 Å². The zero-order chi connectivity index (χ0) is 18.7. The van der Waals surface area contributed by atoms with E-state index < -0.39 is 18.0 Å². The minimum absolute atomic E-state index is 0.176. The van der Waals surface area contributed by atoms with E-state index in [9.17, 15) is 14.4 Å². The molecular formula is C15H25NO6. The number of hydrogen-bond donors (Lipinski definition) is 3. The number of carboxylic acid groups (broad SMARTS) is 2. The molecule has 7 heteroatoms. The van der Waals surface area contributed by atoms with Crippen LogP contribution in [0, 0.1) is 0 Å². The van der Waals surface area contributed by atoms with Crippen molar-refractivity contribution in [2.45, 2.75) is 20.8 Å². The lowest BCUT2D eigenvalue weighted by atomic mass is 10.4. The number of rotatable bonds is 4. The van der Waals surface area contributed by atoms with Gasteiger partial charge in [0.1, 0.15) is 0 Å². The van der Waals surface area contributed by atoms with E-state index in [-0.39, 0.29) is 11.1 Å². The highest BCUT2D eigenvalue weighted by molar-refractivity contribution is 5.85. The Balaban J connectivity index is -0.0000000994. The van der Waals surface area contributed by atoms with Crippen molar-refractivity contribution in [3.8, 4) is 0 Å². The molecule has 4 N–H and O–H groups in total. The highest BCUT2D eigenvalue weighted by atomic mass is 16.5. The lowest BCUT2D eigenvalue weighted by molar-refractivity contribution is -0.133. The van der Waals surface area contributed by atoms with Crippen molar-refractivity contribution in [3.63, 3.8) is 0 Å². The third-order valence-corrected chi connectivity index (χ3v) is 1.18. The number of aliphatic carboxylic acids is 2. The number of carbonyl (C=O) groups excluding carboxylic acids is 1. The molecule has 0 heterocycles. The van der Waals surface area contributed by atoms with E-state index in [0.29, 0.717) is 6.61 Å². The maximum Gasteiger partial charge on any atom is 0.404 e. The van der Waals surface area contributed by atoms with E-state index in [0.717, 1.165) is 0 Å². The van der Waals surface area contributed by atoms with E-state index in [1.165, 1.54) is 13.8 Å². The number of carboxylic acids is 2. The molecule has 0 unspecified atom stereocenters. The molecule has 0 aliphatic heterocycles. The minimum atomic E-state index is -0.935. The van der Waals surface area contributed by atoms with Gasteiger partial charge in [-0.15, -0.1) is 0 Å². The Labute approximate surface area is 131 Å². The summed E-state index contributed by atoms with van der Waals surface area (Å²) >= 11 is 0. The molecule has 0 atom stereocenters. The molecule has 0 aromatic rings. The molecule has 0 rings (SSSR count). The van der Waals surface area contributed by atoms with Gasteiger partial charge in [0.15, 0.2) is 0 Å². The van der Waals surface area contributed by atoms with Crippen LogP contribution in [0.4, 0.5) is 4.79 Å². The van der Waals surface area contributed by atoms with E-state index in [1.807, 2.05) is 0 Å². The number of hydrogen-bond acceptors (Lipinski definition) is 4. The smallest absolute Gasteiger partial charge is 0.404 e. The van der Waals surface area contributed by atoms with Crippen molar-refractivity contribution < 1.29 is 29.3 Å². The Hall–Kier alpha value is -2.83. The second-order valence-electron chi connectivity index (χ2n) is 3.39. The van der Waals surface area contributed by atoms with Crippen molar-refractivity contribution >= 4 is 18.0 Å². The summed E-state index contributed by atoms with van der Waals surface area (Å²) in [4.78, 5) is 28.8. The number of ether oxygens (including phenoxy) is 1. The van der Waals surface area contributed by atoms with Crippen LogP contribution in [0.15, 0.2) is 49.6 Å². The van der Waals surface area contributed by atoms with Crippen LogP contribution in [0.5, 0.6) is 0 Å². The standard InChI is InChI=1S/2C4H6O2.C4H6.C3H7NO2/c2*1-3(2)4(5)6;1-3-4-2;1-2-6-3(4)5/h2*1H2,2H3,(H,5,6);3-4H,1-2H2;2H2,1H3,(H2,4,5). The fraction of sp³-hybridized carbons (Fsp3) is 0.267. The lowest BCUT2D eigenvalue weighted by Crippen LogP contribution is -2.11. The summed E-state index contributed by atoms with van der Waals surface area (Å²) in [5.41, 5.74) is 4.89. The second-order valence-corrected chi connectivity index (χ2v) is 3.39. The predicted molar refractivity (Wildman–Crippen MR) is 86.5 cm³/mol. The minimum Gasteiger partial charge on any atom is -0.478 e. The van der Waals surface area contributed by atoms with Gasteiger partial charge in [-0.05, 0) is 20.8 Å². The maximum absolute atomic E-state index is 9.60. The summed E-state index contributed by atoms with van der Waals surface area (Å²) in [6.45, 7) is 18.0. The molecule has 7 nitrogen and oxygen atoms in total. The zero-order valence-electron chi connectivity index (χ0n) is 13.3. The molecule has 0 fully saturated rings. The van der Waals surface area contributed by atoms with Crippen molar-refractivity contribution in [1.82, 2.24) is 0 Å². The first-order valence-corrected chi connectivity index (χ1v) is 5.91. The molecule has 22 heavy (non-hydrogen) atoms. The van der Waals surface area contributed by atoms with Crippen LogP contribution in [0.2, 0.25) is 0 Å². The van der Waals surface area contributed by atoms with Crippen molar-refractivity contribution in [1.29, 1.82) is 0 Å². The van der Waals surface area contributed by atoms with Gasteiger partial charge in [0.25, 0.3) is 0 Å². The molecule has 1 amide bonds. The molecular weight excluding hydrogens is 290 g/mol. The summed E-state index contributed by atoms with van der Waals surface area (Å²) in [6, 6.07) is 0. The van der Waals surface area contributed by atoms with Crippen LogP contribution in [0.1, 0.15) is 20.8 Å². The van der Waals surface area contributed by atoms with Gasteiger partial charge in [-0.1, -0.05) is 38.5 Å². The summed E-state index contributed by atoms with van der Waals surface area (Å²) in [6.07, 6.45) is 2.57. The first kappa shape index (κ1) is 27.5. The quantitative estimate of drug-likeness (QED) is 0.540. The average Bonchev–Trinajstić information content (AvgIpc) is 2.40. The Bertz CT molecular complexity index is 345. The number of carbonyl (C=O) groups is 3. The highest BCUT2D eigenvalue weighted by Crippen LogP contribution is 1.81. The van der Waals surface area contributed by atoms with Gasteiger partial charge in [-0.2, -0.15) is 0 Å². The fourth-order valence-electron chi connectivity index (χ4n) is 0.142. The molecule has 126 valence electrons. The SMILES string of the molecule is C=C(C)C(=O)O.C=C(C)C(=O)O.C=CC=C.CCOC(N)=O. The van der Waals surface area contributed by atoms with Gasteiger partial charge < -0.3 is 20.7 Å². The van der Waals surface area contributed by atoms with E-state index in [1.54, 1.807) is 19.1 Å². The molecule has 0 radical (unpaired) electrons. The van der Waals surface area contributed by atoms with Crippen molar-refractivity contribution in [2.24, 2.45) is 5.73 Å². The third kappa shape index (κ3) is 53.4. The molecule has 0 aromatic heterocycles. The number of primary amides is 1. The number of amides is 1. The Morgan fingerprint density at radius 1 is 1.00 bits per heavy atom. The van der Waals surface area contributed by atoms with Crippen molar-refractivity contribution in [2.75, 3.05) is 6.61 Å². The van der Waals surface area contributed by atoms with Crippen LogP contribution >= 0.6 is 0 Å². The topological polar surface area (TPSA) is 127 Å². The third-order valence-electron chi connectivity index (χ3n) is 1.18. The summed E-state index contributed by atoms with van der Waals surface area (Å²) in [7, 11) is 0. The van der Waals surface area contributed by atoms with E-state index >= 15 is 0 Å². The van der Waals surface area contributed by atoms with Crippen LogP contribution in [-0.4, -0.2) is 34.9 Å². The Kier molecular flexibility index (Phi) is 25.6. The maximum atomic E-state index is 9.60.